The lowest BCUT2D eigenvalue weighted by atomic mass is 10.2. The van der Waals surface area contributed by atoms with E-state index in [1.165, 1.54) is 0 Å². The maximum absolute atomic E-state index is 12.6. The van der Waals surface area contributed by atoms with E-state index in [4.69, 9.17) is 18.5 Å². The molecule has 0 N–H and O–H groups in total. The standard InChI is InChI=1S/C48H76NO8P/c1-6-8-10-12-14-16-18-20-22-23-24-25-27-29-31-33-35-37-39-41-48(51)57-46(45-56-58(52,53)55-43-42-49(3,4)5)44-54-47(50)40-38-36-34-32-30-28-26-21-19-17-15-13-11-9-7-2/h8-11,14-17,20-22,24-26,29-32,35,37,46H,6-7,12-13,18-19,23,27-28,33-34,36,38-45H2,1-5H3/b10-8-,11-9-,16-14-,17-15-,22-20-,25-24-,26-21-,31-29-,32-30-,37-35-/t46-/m1/s1. The number of carbonyl (C=O) groups is 2. The van der Waals surface area contributed by atoms with E-state index in [2.05, 4.69) is 123 Å². The minimum Gasteiger partial charge on any atom is -0.756 e. The molecule has 2 atom stereocenters. The Bertz CT molecular complexity index is 1390. The van der Waals surface area contributed by atoms with Gasteiger partial charge in [-0.2, -0.15) is 0 Å². The first-order valence-electron chi connectivity index (χ1n) is 21.2. The molecule has 0 aromatic heterocycles. The predicted octanol–water partition coefficient (Wildman–Crippen LogP) is 11.5. The Morgan fingerprint density at radius 1 is 0.534 bits per heavy atom. The molecule has 9 nitrogen and oxygen atoms in total. The smallest absolute Gasteiger partial charge is 0.306 e. The number of phosphoric acid groups is 1. The molecule has 0 amide bonds. The Kier molecular flexibility index (Phi) is 36.5. The second-order valence-electron chi connectivity index (χ2n) is 14.6. The molecule has 0 fully saturated rings. The molecule has 326 valence electrons. The molecule has 0 heterocycles. The van der Waals surface area contributed by atoms with Crippen molar-refractivity contribution >= 4 is 19.8 Å². The van der Waals surface area contributed by atoms with Crippen LogP contribution in [0.2, 0.25) is 0 Å². The normalized spacial score (nSPS) is 14.8. The highest BCUT2D eigenvalue weighted by Crippen LogP contribution is 2.38. The molecule has 0 rings (SSSR count). The molecule has 1 unspecified atom stereocenters. The van der Waals surface area contributed by atoms with Gasteiger partial charge in [0.25, 0.3) is 7.82 Å². The van der Waals surface area contributed by atoms with Gasteiger partial charge in [-0.05, 0) is 89.9 Å². The molecule has 58 heavy (non-hydrogen) atoms. The Morgan fingerprint density at radius 3 is 1.38 bits per heavy atom. The number of nitrogens with zero attached hydrogens (tertiary/aromatic N) is 1. The average Bonchev–Trinajstić information content (AvgIpc) is 3.17. The summed E-state index contributed by atoms with van der Waals surface area (Å²) in [6.07, 6.45) is 53.9. The highest BCUT2D eigenvalue weighted by Gasteiger charge is 2.21. The Morgan fingerprint density at radius 2 is 0.948 bits per heavy atom. The second-order valence-corrected chi connectivity index (χ2v) is 16.0. The third kappa shape index (κ3) is 42.0. The number of ether oxygens (including phenoxy) is 2. The van der Waals surface area contributed by atoms with Crippen molar-refractivity contribution in [2.45, 2.75) is 123 Å². The summed E-state index contributed by atoms with van der Waals surface area (Å²) in [5, 5.41) is 0. The van der Waals surface area contributed by atoms with Crippen LogP contribution in [0, 0.1) is 0 Å². The van der Waals surface area contributed by atoms with Crippen molar-refractivity contribution in [2.24, 2.45) is 0 Å². The van der Waals surface area contributed by atoms with E-state index >= 15 is 0 Å². The Hall–Kier alpha value is -3.59. The SMILES string of the molecule is CC/C=C\C/C=C\C/C=C\C/C=C\C/C=C\C/C=C\CCC(=O)O[C@H](COC(=O)CCCC/C=C\C/C=C\C/C=C\C/C=C\CC)COP(=O)([O-])OCC[N+](C)(C)C. The zero-order valence-corrected chi connectivity index (χ0v) is 37.3. The van der Waals surface area contributed by atoms with Gasteiger partial charge in [-0.25, -0.2) is 0 Å². The van der Waals surface area contributed by atoms with Crippen molar-refractivity contribution in [3.63, 3.8) is 0 Å². The van der Waals surface area contributed by atoms with E-state index in [1.54, 1.807) is 0 Å². The molecule has 10 heteroatoms. The molecular formula is C48H76NO8P. The van der Waals surface area contributed by atoms with Crippen LogP contribution in [0.3, 0.4) is 0 Å². The molecule has 0 bridgehead atoms. The summed E-state index contributed by atoms with van der Waals surface area (Å²) in [5.41, 5.74) is 0. The molecule has 0 saturated heterocycles. The molecule has 0 aliphatic heterocycles. The van der Waals surface area contributed by atoms with Crippen LogP contribution in [0.1, 0.15) is 117 Å². The van der Waals surface area contributed by atoms with Crippen LogP contribution in [0.15, 0.2) is 122 Å². The summed E-state index contributed by atoms with van der Waals surface area (Å²) < 4.78 is 33.7. The maximum Gasteiger partial charge on any atom is 0.306 e. The average molecular weight is 826 g/mol. The van der Waals surface area contributed by atoms with Crippen molar-refractivity contribution in [1.82, 2.24) is 0 Å². The Labute approximate surface area is 352 Å². The van der Waals surface area contributed by atoms with Crippen molar-refractivity contribution in [1.29, 1.82) is 0 Å². The topological polar surface area (TPSA) is 111 Å². The van der Waals surface area contributed by atoms with Gasteiger partial charge >= 0.3 is 11.9 Å². The number of rotatable bonds is 36. The molecule has 0 aromatic carbocycles. The number of hydrogen-bond acceptors (Lipinski definition) is 8. The fraction of sp³-hybridized carbons (Fsp3) is 0.542. The molecule has 0 aromatic rings. The summed E-state index contributed by atoms with van der Waals surface area (Å²) in [4.78, 5) is 37.5. The van der Waals surface area contributed by atoms with E-state index in [0.717, 1.165) is 77.0 Å². The number of quaternary nitrogens is 1. The minimum absolute atomic E-state index is 0.0589. The molecular weight excluding hydrogens is 750 g/mol. The van der Waals surface area contributed by atoms with Gasteiger partial charge < -0.3 is 27.9 Å². The minimum atomic E-state index is -4.66. The number of carbonyl (C=O) groups excluding carboxylic acids is 2. The third-order valence-corrected chi connectivity index (χ3v) is 8.95. The van der Waals surface area contributed by atoms with Crippen LogP contribution < -0.4 is 4.89 Å². The van der Waals surface area contributed by atoms with E-state index in [-0.39, 0.29) is 26.1 Å². The van der Waals surface area contributed by atoms with Gasteiger partial charge in [0, 0.05) is 12.8 Å². The molecule has 0 aliphatic carbocycles. The van der Waals surface area contributed by atoms with Crippen LogP contribution >= 0.6 is 7.82 Å². The van der Waals surface area contributed by atoms with Crippen molar-refractivity contribution in [3.05, 3.63) is 122 Å². The first kappa shape index (κ1) is 54.4. The summed E-state index contributed by atoms with van der Waals surface area (Å²) >= 11 is 0. The zero-order chi connectivity index (χ0) is 42.8. The first-order chi connectivity index (χ1) is 28.0. The van der Waals surface area contributed by atoms with Gasteiger partial charge in [-0.3, -0.25) is 14.2 Å². The van der Waals surface area contributed by atoms with E-state index in [0.29, 0.717) is 23.9 Å². The predicted molar refractivity (Wildman–Crippen MR) is 240 cm³/mol. The number of likely N-dealkylation sites (N-methyl/N-ethyl adjacent to an activating group) is 1. The van der Waals surface area contributed by atoms with Crippen LogP contribution in [0.4, 0.5) is 0 Å². The van der Waals surface area contributed by atoms with Crippen LogP contribution in [-0.2, 0) is 32.7 Å². The highest BCUT2D eigenvalue weighted by atomic mass is 31.2. The lowest BCUT2D eigenvalue weighted by molar-refractivity contribution is -0.870. The van der Waals surface area contributed by atoms with Crippen LogP contribution in [0.5, 0.6) is 0 Å². The molecule has 0 saturated carbocycles. The number of allylic oxidation sites excluding steroid dienone is 20. The largest absolute Gasteiger partial charge is 0.756 e. The quantitative estimate of drug-likeness (QED) is 0.0202. The highest BCUT2D eigenvalue weighted by molar-refractivity contribution is 7.45. The van der Waals surface area contributed by atoms with Crippen molar-refractivity contribution < 1.29 is 42.1 Å². The van der Waals surface area contributed by atoms with Crippen molar-refractivity contribution in [2.75, 3.05) is 47.5 Å². The van der Waals surface area contributed by atoms with Gasteiger partial charge in [0.05, 0.1) is 27.7 Å². The molecule has 0 radical (unpaired) electrons. The summed E-state index contributed by atoms with van der Waals surface area (Å²) in [6, 6.07) is 0. The van der Waals surface area contributed by atoms with Gasteiger partial charge in [0.1, 0.15) is 19.8 Å². The summed E-state index contributed by atoms with van der Waals surface area (Å²) in [6.45, 7) is 3.82. The van der Waals surface area contributed by atoms with Crippen molar-refractivity contribution in [3.8, 4) is 0 Å². The zero-order valence-electron chi connectivity index (χ0n) is 36.4. The lowest BCUT2D eigenvalue weighted by Crippen LogP contribution is -2.37. The van der Waals surface area contributed by atoms with Crippen LogP contribution in [-0.4, -0.2) is 70.0 Å². The van der Waals surface area contributed by atoms with Gasteiger partial charge in [-0.1, -0.05) is 135 Å². The Balaban J connectivity index is 4.61. The third-order valence-electron chi connectivity index (χ3n) is 7.99. The van der Waals surface area contributed by atoms with Gasteiger partial charge in [0.15, 0.2) is 6.10 Å². The monoisotopic (exact) mass is 826 g/mol. The van der Waals surface area contributed by atoms with E-state index in [9.17, 15) is 19.0 Å². The first-order valence-corrected chi connectivity index (χ1v) is 22.7. The molecule has 0 spiro atoms. The summed E-state index contributed by atoms with van der Waals surface area (Å²) in [7, 11) is 1.07. The van der Waals surface area contributed by atoms with Crippen LogP contribution in [0.25, 0.3) is 0 Å². The number of phosphoric ester groups is 1. The number of unbranched alkanes of at least 4 members (excludes halogenated alkanes) is 2. The van der Waals surface area contributed by atoms with E-state index < -0.39 is 32.5 Å². The number of esters is 2. The fourth-order valence-corrected chi connectivity index (χ4v) is 5.46. The van der Waals surface area contributed by atoms with Gasteiger partial charge in [-0.15, -0.1) is 0 Å². The maximum atomic E-state index is 12.6. The van der Waals surface area contributed by atoms with Gasteiger partial charge in [0.2, 0.25) is 0 Å². The number of hydrogen-bond donors (Lipinski definition) is 0. The second kappa shape index (κ2) is 38.9. The van der Waals surface area contributed by atoms with E-state index in [1.807, 2.05) is 33.3 Å². The molecule has 0 aliphatic rings. The summed E-state index contributed by atoms with van der Waals surface area (Å²) in [5.74, 6) is -0.998. The fourth-order valence-electron chi connectivity index (χ4n) is 4.73. The lowest BCUT2D eigenvalue weighted by Gasteiger charge is -2.28.